The largest absolute Gasteiger partial charge is 0.367 e. The monoisotopic (exact) mass is 309 g/mol. The van der Waals surface area contributed by atoms with Gasteiger partial charge in [-0.3, -0.25) is 9.50 Å². The highest BCUT2D eigenvalue weighted by molar-refractivity contribution is 5.79. The van der Waals surface area contributed by atoms with Crippen molar-refractivity contribution in [2.75, 3.05) is 5.32 Å². The Hall–Kier alpha value is -2.30. The van der Waals surface area contributed by atoms with E-state index in [0.29, 0.717) is 6.04 Å². The number of nitrogens with one attached hydrogen (secondary N) is 2. The van der Waals surface area contributed by atoms with Crippen molar-refractivity contribution in [3.63, 3.8) is 0 Å². The van der Waals surface area contributed by atoms with Crippen LogP contribution >= 0.6 is 0 Å². The number of aryl methyl sites for hydroxylation is 2. The van der Waals surface area contributed by atoms with Crippen LogP contribution in [0.3, 0.4) is 0 Å². The van der Waals surface area contributed by atoms with Gasteiger partial charge in [0.2, 0.25) is 0 Å². The second kappa shape index (κ2) is 5.72. The highest BCUT2D eigenvalue weighted by Gasteiger charge is 2.22. The van der Waals surface area contributed by atoms with Gasteiger partial charge in [-0.05, 0) is 38.8 Å². The molecule has 0 spiro atoms. The molecule has 4 rings (SSSR count). The van der Waals surface area contributed by atoms with Crippen LogP contribution in [-0.2, 0) is 0 Å². The van der Waals surface area contributed by atoms with Crippen molar-refractivity contribution >= 4 is 11.5 Å². The summed E-state index contributed by atoms with van der Waals surface area (Å²) in [6, 6.07) is 6.68. The Balaban J connectivity index is 1.84. The van der Waals surface area contributed by atoms with Crippen LogP contribution < -0.4 is 5.32 Å². The van der Waals surface area contributed by atoms with Gasteiger partial charge >= 0.3 is 0 Å². The Bertz CT molecular complexity index is 804. The number of nitrogens with zero attached hydrogens (tertiary/aromatic N) is 3. The van der Waals surface area contributed by atoms with Gasteiger partial charge in [0, 0.05) is 23.5 Å². The number of H-pyrrole nitrogens is 1. The summed E-state index contributed by atoms with van der Waals surface area (Å²) in [5, 5.41) is 11.2. The Morgan fingerprint density at radius 3 is 2.74 bits per heavy atom. The van der Waals surface area contributed by atoms with Crippen LogP contribution in [0.4, 0.5) is 5.82 Å². The van der Waals surface area contributed by atoms with Gasteiger partial charge in [0.1, 0.15) is 17.2 Å². The van der Waals surface area contributed by atoms with Crippen molar-refractivity contribution in [1.29, 1.82) is 0 Å². The SMILES string of the molecule is Cc1n[nH]c(C)c1-c1nc2ccccn2c1NC1CCCCC1. The first-order chi connectivity index (χ1) is 11.2. The second-order valence-corrected chi connectivity index (χ2v) is 6.53. The van der Waals surface area contributed by atoms with E-state index in [1.807, 2.05) is 13.0 Å². The van der Waals surface area contributed by atoms with Crippen LogP contribution in [0.25, 0.3) is 16.9 Å². The third kappa shape index (κ3) is 2.50. The Morgan fingerprint density at radius 1 is 1.17 bits per heavy atom. The molecule has 23 heavy (non-hydrogen) atoms. The predicted molar refractivity (Wildman–Crippen MR) is 92.7 cm³/mol. The zero-order valence-corrected chi connectivity index (χ0v) is 13.8. The van der Waals surface area contributed by atoms with Gasteiger partial charge in [0.25, 0.3) is 0 Å². The van der Waals surface area contributed by atoms with Crippen molar-refractivity contribution in [3.05, 3.63) is 35.8 Å². The van der Waals surface area contributed by atoms with Crippen LogP contribution in [0.5, 0.6) is 0 Å². The van der Waals surface area contributed by atoms with E-state index in [0.717, 1.165) is 34.1 Å². The highest BCUT2D eigenvalue weighted by Crippen LogP contribution is 2.34. The summed E-state index contributed by atoms with van der Waals surface area (Å²) >= 11 is 0. The van der Waals surface area contributed by atoms with E-state index < -0.39 is 0 Å². The molecule has 3 heterocycles. The summed E-state index contributed by atoms with van der Waals surface area (Å²) in [6.07, 6.45) is 8.55. The zero-order chi connectivity index (χ0) is 15.8. The number of aromatic nitrogens is 4. The molecule has 2 N–H and O–H groups in total. The molecule has 0 saturated heterocycles. The molecule has 120 valence electrons. The standard InChI is InChI=1S/C18H23N5/c1-12-16(13(2)22-21-12)17-18(19-14-8-4-3-5-9-14)23-11-7-6-10-15(23)20-17/h6-7,10-11,14,19H,3-5,8-9H2,1-2H3,(H,21,22). The number of fused-ring (bicyclic) bond motifs is 1. The lowest BCUT2D eigenvalue weighted by atomic mass is 9.95. The van der Waals surface area contributed by atoms with E-state index >= 15 is 0 Å². The van der Waals surface area contributed by atoms with Gasteiger partial charge in [-0.15, -0.1) is 0 Å². The van der Waals surface area contributed by atoms with E-state index in [9.17, 15) is 0 Å². The fraction of sp³-hybridized carbons (Fsp3) is 0.444. The number of imidazole rings is 1. The normalized spacial score (nSPS) is 16.1. The number of hydrogen-bond donors (Lipinski definition) is 2. The molecule has 1 aliphatic carbocycles. The van der Waals surface area contributed by atoms with Gasteiger partial charge in [0.05, 0.1) is 5.69 Å². The summed E-state index contributed by atoms with van der Waals surface area (Å²) < 4.78 is 2.16. The molecule has 1 saturated carbocycles. The zero-order valence-electron chi connectivity index (χ0n) is 13.8. The summed E-state index contributed by atoms with van der Waals surface area (Å²) in [5.74, 6) is 1.10. The van der Waals surface area contributed by atoms with E-state index in [1.54, 1.807) is 0 Å². The van der Waals surface area contributed by atoms with E-state index in [2.05, 4.69) is 45.2 Å². The quantitative estimate of drug-likeness (QED) is 0.766. The molecule has 0 aromatic carbocycles. The van der Waals surface area contributed by atoms with Crippen LogP contribution in [0.15, 0.2) is 24.4 Å². The lowest BCUT2D eigenvalue weighted by Gasteiger charge is -2.24. The minimum absolute atomic E-state index is 0.537. The molecular weight excluding hydrogens is 286 g/mol. The molecule has 3 aromatic heterocycles. The molecule has 1 aliphatic rings. The third-order valence-corrected chi connectivity index (χ3v) is 4.84. The number of hydrogen-bond acceptors (Lipinski definition) is 3. The molecule has 0 unspecified atom stereocenters. The van der Waals surface area contributed by atoms with Crippen molar-refractivity contribution in [1.82, 2.24) is 19.6 Å². The minimum atomic E-state index is 0.537. The number of aromatic amines is 1. The van der Waals surface area contributed by atoms with Crippen molar-refractivity contribution in [2.45, 2.75) is 52.0 Å². The van der Waals surface area contributed by atoms with Crippen molar-refractivity contribution < 1.29 is 0 Å². The van der Waals surface area contributed by atoms with Gasteiger partial charge in [-0.2, -0.15) is 5.10 Å². The summed E-state index contributed by atoms with van der Waals surface area (Å²) in [5.41, 5.74) is 5.16. The summed E-state index contributed by atoms with van der Waals surface area (Å²) in [4.78, 5) is 4.88. The van der Waals surface area contributed by atoms with Gasteiger partial charge in [-0.1, -0.05) is 25.3 Å². The molecule has 0 radical (unpaired) electrons. The summed E-state index contributed by atoms with van der Waals surface area (Å²) in [6.45, 7) is 4.09. The average Bonchev–Trinajstić information content (AvgIpc) is 3.09. The minimum Gasteiger partial charge on any atom is -0.367 e. The van der Waals surface area contributed by atoms with Gasteiger partial charge in [0.15, 0.2) is 0 Å². The van der Waals surface area contributed by atoms with Crippen LogP contribution in [0, 0.1) is 13.8 Å². The van der Waals surface area contributed by atoms with Crippen LogP contribution in [0.2, 0.25) is 0 Å². The van der Waals surface area contributed by atoms with E-state index in [4.69, 9.17) is 4.98 Å². The third-order valence-electron chi connectivity index (χ3n) is 4.84. The maximum atomic E-state index is 4.88. The lowest BCUT2D eigenvalue weighted by Crippen LogP contribution is -2.23. The molecule has 0 aliphatic heterocycles. The van der Waals surface area contributed by atoms with Crippen molar-refractivity contribution in [2.24, 2.45) is 0 Å². The molecule has 0 atom stereocenters. The first-order valence-corrected chi connectivity index (χ1v) is 8.49. The number of anilines is 1. The van der Waals surface area contributed by atoms with E-state index in [1.165, 1.54) is 32.1 Å². The first kappa shape index (κ1) is 14.3. The van der Waals surface area contributed by atoms with Gasteiger partial charge < -0.3 is 5.32 Å². The molecule has 3 aromatic rings. The fourth-order valence-electron chi connectivity index (χ4n) is 3.65. The molecule has 0 amide bonds. The molecule has 5 nitrogen and oxygen atoms in total. The highest BCUT2D eigenvalue weighted by atomic mass is 15.2. The molecule has 1 fully saturated rings. The Kier molecular flexibility index (Phi) is 3.56. The lowest BCUT2D eigenvalue weighted by molar-refractivity contribution is 0.462. The first-order valence-electron chi connectivity index (χ1n) is 8.49. The van der Waals surface area contributed by atoms with Gasteiger partial charge in [-0.25, -0.2) is 4.98 Å². The molecule has 5 heteroatoms. The smallest absolute Gasteiger partial charge is 0.139 e. The Labute approximate surface area is 136 Å². The van der Waals surface area contributed by atoms with Crippen molar-refractivity contribution in [3.8, 4) is 11.3 Å². The maximum Gasteiger partial charge on any atom is 0.139 e. The van der Waals surface area contributed by atoms with E-state index in [-0.39, 0.29) is 0 Å². The maximum absolute atomic E-state index is 4.88. The topological polar surface area (TPSA) is 58.0 Å². The van der Waals surface area contributed by atoms with Crippen LogP contribution in [-0.4, -0.2) is 25.6 Å². The summed E-state index contributed by atoms with van der Waals surface area (Å²) in [7, 11) is 0. The number of pyridine rings is 1. The Morgan fingerprint density at radius 2 is 2.00 bits per heavy atom. The average molecular weight is 309 g/mol. The second-order valence-electron chi connectivity index (χ2n) is 6.53. The van der Waals surface area contributed by atoms with Crippen LogP contribution in [0.1, 0.15) is 43.5 Å². The number of rotatable bonds is 3. The predicted octanol–water partition coefficient (Wildman–Crippen LogP) is 4.09. The fourth-order valence-corrected chi connectivity index (χ4v) is 3.65. The molecule has 0 bridgehead atoms. The molecular formula is C18H23N5.